The molecule has 1 aromatic carbocycles. The van der Waals surface area contributed by atoms with Gasteiger partial charge in [-0.3, -0.25) is 4.79 Å². The quantitative estimate of drug-likeness (QED) is 0.668. The van der Waals surface area contributed by atoms with Crippen molar-refractivity contribution in [1.29, 1.82) is 0 Å². The first-order valence-electron chi connectivity index (χ1n) is 5.00. The van der Waals surface area contributed by atoms with Gasteiger partial charge in [-0.1, -0.05) is 6.92 Å². The lowest BCUT2D eigenvalue weighted by Crippen LogP contribution is -2.22. The highest BCUT2D eigenvalue weighted by atomic mass is 16.4. The Balaban J connectivity index is 2.39. The molecule has 0 radical (unpaired) electrons. The normalized spacial score (nSPS) is 19.1. The van der Waals surface area contributed by atoms with Gasteiger partial charge in [-0.15, -0.1) is 0 Å². The van der Waals surface area contributed by atoms with Crippen LogP contribution in [0.4, 0.5) is 11.4 Å². The smallest absolute Gasteiger partial charge is 0.335 e. The van der Waals surface area contributed by atoms with Crippen LogP contribution in [0.2, 0.25) is 0 Å². The van der Waals surface area contributed by atoms with Crippen LogP contribution < -0.4 is 10.6 Å². The summed E-state index contributed by atoms with van der Waals surface area (Å²) in [6.07, 6.45) is 0. The van der Waals surface area contributed by atoms with Crippen LogP contribution in [-0.2, 0) is 4.79 Å². The number of rotatable bonds is 1. The summed E-state index contributed by atoms with van der Waals surface area (Å²) >= 11 is 0. The molecule has 5 heteroatoms. The number of hydrogen-bond donors (Lipinski definition) is 3. The molecule has 1 aromatic rings. The van der Waals surface area contributed by atoms with E-state index in [4.69, 9.17) is 5.11 Å². The number of fused-ring (bicyclic) bond motifs is 1. The fourth-order valence-corrected chi connectivity index (χ4v) is 1.55. The van der Waals surface area contributed by atoms with Crippen molar-refractivity contribution in [2.45, 2.75) is 6.92 Å². The van der Waals surface area contributed by atoms with E-state index in [2.05, 4.69) is 10.6 Å². The largest absolute Gasteiger partial charge is 0.478 e. The molecule has 1 aliphatic rings. The maximum absolute atomic E-state index is 11.6. The maximum Gasteiger partial charge on any atom is 0.335 e. The minimum absolute atomic E-state index is 0.103. The molecule has 2 rings (SSSR count). The van der Waals surface area contributed by atoms with Gasteiger partial charge in [0.25, 0.3) is 0 Å². The second-order valence-electron chi connectivity index (χ2n) is 3.84. The first kappa shape index (κ1) is 10.5. The number of carboxylic acid groups (broad SMARTS) is 1. The zero-order valence-corrected chi connectivity index (χ0v) is 8.78. The highest BCUT2D eigenvalue weighted by Gasteiger charge is 2.19. The number of carbonyl (C=O) groups is 2. The zero-order valence-electron chi connectivity index (χ0n) is 8.78. The lowest BCUT2D eigenvalue weighted by atomic mass is 10.1. The molecule has 0 saturated carbocycles. The summed E-state index contributed by atoms with van der Waals surface area (Å²) in [5.41, 5.74) is 1.44. The Labute approximate surface area is 92.5 Å². The topological polar surface area (TPSA) is 78.4 Å². The second-order valence-corrected chi connectivity index (χ2v) is 3.84. The minimum Gasteiger partial charge on any atom is -0.478 e. The molecule has 0 aliphatic carbocycles. The van der Waals surface area contributed by atoms with E-state index in [-0.39, 0.29) is 17.4 Å². The van der Waals surface area contributed by atoms with Crippen LogP contribution >= 0.6 is 0 Å². The van der Waals surface area contributed by atoms with E-state index in [1.807, 2.05) is 6.92 Å². The lowest BCUT2D eigenvalue weighted by Gasteiger charge is -2.07. The molecule has 1 unspecified atom stereocenters. The van der Waals surface area contributed by atoms with Gasteiger partial charge in [0.05, 0.1) is 22.9 Å². The van der Waals surface area contributed by atoms with Gasteiger partial charge in [-0.25, -0.2) is 4.79 Å². The molecule has 84 valence electrons. The molecule has 5 nitrogen and oxygen atoms in total. The second kappa shape index (κ2) is 3.84. The highest BCUT2D eigenvalue weighted by molar-refractivity contribution is 5.99. The van der Waals surface area contributed by atoms with Gasteiger partial charge in [0.1, 0.15) is 0 Å². The van der Waals surface area contributed by atoms with Crippen molar-refractivity contribution in [3.8, 4) is 0 Å². The van der Waals surface area contributed by atoms with Crippen LogP contribution in [0.3, 0.4) is 0 Å². The van der Waals surface area contributed by atoms with Gasteiger partial charge in [0.15, 0.2) is 0 Å². The van der Waals surface area contributed by atoms with E-state index in [0.29, 0.717) is 12.2 Å². The predicted molar refractivity (Wildman–Crippen MR) is 59.7 cm³/mol. The van der Waals surface area contributed by atoms with Gasteiger partial charge in [-0.05, 0) is 18.2 Å². The van der Waals surface area contributed by atoms with E-state index in [1.165, 1.54) is 12.1 Å². The Morgan fingerprint density at radius 1 is 1.44 bits per heavy atom. The van der Waals surface area contributed by atoms with Crippen molar-refractivity contribution in [3.05, 3.63) is 23.8 Å². The van der Waals surface area contributed by atoms with Crippen molar-refractivity contribution < 1.29 is 14.7 Å². The fourth-order valence-electron chi connectivity index (χ4n) is 1.55. The Kier molecular flexibility index (Phi) is 2.52. The number of hydrogen-bond acceptors (Lipinski definition) is 3. The summed E-state index contributed by atoms with van der Waals surface area (Å²) in [6, 6.07) is 4.63. The third-order valence-electron chi connectivity index (χ3n) is 2.57. The zero-order chi connectivity index (χ0) is 11.7. The van der Waals surface area contributed by atoms with Crippen LogP contribution in [0, 0.1) is 5.92 Å². The van der Waals surface area contributed by atoms with E-state index >= 15 is 0 Å². The van der Waals surface area contributed by atoms with E-state index in [9.17, 15) is 9.59 Å². The van der Waals surface area contributed by atoms with Crippen molar-refractivity contribution in [2.75, 3.05) is 17.2 Å². The molecule has 0 fully saturated rings. The summed E-state index contributed by atoms with van der Waals surface area (Å²) in [5.74, 6) is -1.25. The number of anilines is 2. The molecule has 1 atom stereocenters. The molecule has 0 spiro atoms. The first-order chi connectivity index (χ1) is 7.58. The monoisotopic (exact) mass is 220 g/mol. The number of aromatic carboxylic acids is 1. The van der Waals surface area contributed by atoms with Gasteiger partial charge in [0, 0.05) is 6.54 Å². The van der Waals surface area contributed by atoms with Crippen molar-refractivity contribution >= 4 is 23.3 Å². The average molecular weight is 220 g/mol. The fraction of sp³-hybridized carbons (Fsp3) is 0.273. The van der Waals surface area contributed by atoms with Crippen molar-refractivity contribution in [1.82, 2.24) is 0 Å². The SMILES string of the molecule is CC1CNc2ccc(C(=O)O)cc2NC1=O. The third-order valence-corrected chi connectivity index (χ3v) is 2.57. The maximum atomic E-state index is 11.6. The molecule has 3 N–H and O–H groups in total. The molecule has 0 saturated heterocycles. The Hall–Kier alpha value is -2.04. The van der Waals surface area contributed by atoms with Crippen LogP contribution in [-0.4, -0.2) is 23.5 Å². The molecule has 1 amide bonds. The number of benzene rings is 1. The summed E-state index contributed by atoms with van der Waals surface area (Å²) in [6.45, 7) is 2.36. The predicted octanol–water partition coefficient (Wildman–Crippen LogP) is 1.38. The Bertz CT molecular complexity index is 457. The van der Waals surface area contributed by atoms with Crippen molar-refractivity contribution in [2.24, 2.45) is 5.92 Å². The van der Waals surface area contributed by atoms with Gasteiger partial charge in [-0.2, -0.15) is 0 Å². The minimum atomic E-state index is -1.01. The molecule has 0 bridgehead atoms. The van der Waals surface area contributed by atoms with Crippen LogP contribution in [0.25, 0.3) is 0 Å². The number of amides is 1. The highest BCUT2D eigenvalue weighted by Crippen LogP contribution is 2.26. The Morgan fingerprint density at radius 2 is 2.19 bits per heavy atom. The number of carbonyl (C=O) groups excluding carboxylic acids is 1. The molecule has 1 aliphatic heterocycles. The lowest BCUT2D eigenvalue weighted by molar-refractivity contribution is -0.118. The summed E-state index contributed by atoms with van der Waals surface area (Å²) in [7, 11) is 0. The third kappa shape index (κ3) is 1.84. The summed E-state index contributed by atoms with van der Waals surface area (Å²) in [5, 5.41) is 14.6. The first-order valence-corrected chi connectivity index (χ1v) is 5.00. The van der Waals surface area contributed by atoms with Crippen LogP contribution in [0.15, 0.2) is 18.2 Å². The van der Waals surface area contributed by atoms with Crippen molar-refractivity contribution in [3.63, 3.8) is 0 Å². The van der Waals surface area contributed by atoms with Crippen LogP contribution in [0.5, 0.6) is 0 Å². The van der Waals surface area contributed by atoms with Gasteiger partial charge >= 0.3 is 5.97 Å². The molecule has 0 aromatic heterocycles. The number of nitrogens with one attached hydrogen (secondary N) is 2. The van der Waals surface area contributed by atoms with Gasteiger partial charge in [0.2, 0.25) is 5.91 Å². The van der Waals surface area contributed by atoms with Crippen LogP contribution in [0.1, 0.15) is 17.3 Å². The standard InChI is InChI=1S/C11H12N2O3/c1-6-5-12-8-3-2-7(11(15)16)4-9(8)13-10(6)14/h2-4,6,12H,5H2,1H3,(H,13,14)(H,15,16). The Morgan fingerprint density at radius 3 is 2.88 bits per heavy atom. The van der Waals surface area contributed by atoms with Gasteiger partial charge < -0.3 is 15.7 Å². The average Bonchev–Trinajstić information content (AvgIpc) is 2.38. The summed E-state index contributed by atoms with van der Waals surface area (Å²) in [4.78, 5) is 22.3. The molecular formula is C11H12N2O3. The number of carboxylic acids is 1. The van der Waals surface area contributed by atoms with E-state index in [1.54, 1.807) is 6.07 Å². The molecule has 1 heterocycles. The van der Waals surface area contributed by atoms with E-state index < -0.39 is 5.97 Å². The summed E-state index contributed by atoms with van der Waals surface area (Å²) < 4.78 is 0. The van der Waals surface area contributed by atoms with E-state index in [0.717, 1.165) is 5.69 Å². The molecular weight excluding hydrogens is 208 g/mol. The molecule has 16 heavy (non-hydrogen) atoms.